The summed E-state index contributed by atoms with van der Waals surface area (Å²) in [7, 11) is 0. The molecule has 2 aliphatic heterocycles. The van der Waals surface area contributed by atoms with Crippen molar-refractivity contribution >= 4 is 24.0 Å². The van der Waals surface area contributed by atoms with Gasteiger partial charge in [0.05, 0.1) is 16.6 Å². The topological polar surface area (TPSA) is 21.3 Å². The average Bonchev–Trinajstić information content (AvgIpc) is 2.65. The second-order valence-electron chi connectivity index (χ2n) is 4.60. The Bertz CT molecular complexity index is 493. The van der Waals surface area contributed by atoms with Crippen LogP contribution in [0.5, 0.6) is 5.75 Å². The predicted molar refractivity (Wildman–Crippen MR) is 68.1 cm³/mol. The van der Waals surface area contributed by atoms with Crippen LogP contribution in [-0.4, -0.2) is 12.6 Å². The molecule has 0 aliphatic carbocycles. The van der Waals surface area contributed by atoms with Crippen LogP contribution < -0.4 is 10.1 Å². The summed E-state index contributed by atoms with van der Waals surface area (Å²) in [5.41, 5.74) is -0.0979. The highest BCUT2D eigenvalue weighted by Crippen LogP contribution is 2.45. The first-order valence-corrected chi connectivity index (χ1v) is 6.15. The number of ether oxygens (including phenoxy) is 1. The summed E-state index contributed by atoms with van der Waals surface area (Å²) in [6.07, 6.45) is -2.70. The van der Waals surface area contributed by atoms with E-state index < -0.39 is 11.7 Å². The Labute approximate surface area is 119 Å². The number of nitrogens with one attached hydrogen (secondary N) is 1. The number of piperidine rings is 1. The van der Waals surface area contributed by atoms with Crippen molar-refractivity contribution in [1.82, 2.24) is 5.32 Å². The zero-order valence-electron chi connectivity index (χ0n) is 9.76. The molecule has 3 rings (SSSR count). The van der Waals surface area contributed by atoms with Crippen LogP contribution in [0.25, 0.3) is 0 Å². The Morgan fingerprint density at radius 3 is 2.74 bits per heavy atom. The Hall–Kier alpha value is -0.650. The van der Waals surface area contributed by atoms with Crippen molar-refractivity contribution < 1.29 is 17.9 Å². The molecule has 106 valence electrons. The molecule has 1 N–H and O–H groups in total. The number of halogens is 5. The lowest BCUT2D eigenvalue weighted by Gasteiger charge is -2.25. The van der Waals surface area contributed by atoms with E-state index in [1.54, 1.807) is 0 Å². The molecule has 0 saturated carbocycles. The molecule has 1 aromatic rings. The van der Waals surface area contributed by atoms with Gasteiger partial charge in [-0.25, -0.2) is 0 Å². The summed E-state index contributed by atoms with van der Waals surface area (Å²) < 4.78 is 43.8. The van der Waals surface area contributed by atoms with Crippen molar-refractivity contribution in [2.24, 2.45) is 0 Å². The van der Waals surface area contributed by atoms with E-state index in [1.807, 2.05) is 0 Å². The van der Waals surface area contributed by atoms with Crippen LogP contribution in [0.1, 0.15) is 30.0 Å². The molecular formula is C12H12Cl2F3NO. The lowest BCUT2D eigenvalue weighted by Crippen LogP contribution is -2.36. The van der Waals surface area contributed by atoms with Gasteiger partial charge in [0.15, 0.2) is 0 Å². The van der Waals surface area contributed by atoms with E-state index in [-0.39, 0.29) is 29.6 Å². The van der Waals surface area contributed by atoms with Gasteiger partial charge in [-0.3, -0.25) is 0 Å². The normalized spacial score (nSPS) is 25.1. The van der Waals surface area contributed by atoms with Crippen LogP contribution in [0.4, 0.5) is 13.2 Å². The minimum atomic E-state index is -4.45. The first-order chi connectivity index (χ1) is 8.47. The van der Waals surface area contributed by atoms with Crippen LogP contribution in [0.3, 0.4) is 0 Å². The van der Waals surface area contributed by atoms with Crippen LogP contribution in [-0.2, 0) is 6.18 Å². The SMILES string of the molecule is Cl.FC(F)(F)c1cc2c(cc1Cl)[C@@H]1NCCC[C@@H]1O2. The molecule has 2 atom stereocenters. The van der Waals surface area contributed by atoms with E-state index >= 15 is 0 Å². The lowest BCUT2D eigenvalue weighted by molar-refractivity contribution is -0.137. The highest BCUT2D eigenvalue weighted by atomic mass is 35.5. The molecule has 1 aromatic carbocycles. The number of fused-ring (bicyclic) bond motifs is 3. The number of hydrogen-bond donors (Lipinski definition) is 1. The Morgan fingerprint density at radius 2 is 2.05 bits per heavy atom. The minimum absolute atomic E-state index is 0. The van der Waals surface area contributed by atoms with Crippen molar-refractivity contribution in [3.63, 3.8) is 0 Å². The lowest BCUT2D eigenvalue weighted by atomic mass is 9.96. The van der Waals surface area contributed by atoms with Crippen LogP contribution in [0.15, 0.2) is 12.1 Å². The van der Waals surface area contributed by atoms with Gasteiger partial charge in [0.2, 0.25) is 0 Å². The van der Waals surface area contributed by atoms with E-state index in [0.29, 0.717) is 5.75 Å². The largest absolute Gasteiger partial charge is 0.488 e. The van der Waals surface area contributed by atoms with Crippen molar-refractivity contribution in [1.29, 1.82) is 0 Å². The van der Waals surface area contributed by atoms with Crippen molar-refractivity contribution in [2.45, 2.75) is 31.2 Å². The van der Waals surface area contributed by atoms with E-state index in [2.05, 4.69) is 5.32 Å². The second kappa shape index (κ2) is 5.04. The van der Waals surface area contributed by atoms with Crippen molar-refractivity contribution in [3.05, 3.63) is 28.3 Å². The maximum absolute atomic E-state index is 12.7. The van der Waals surface area contributed by atoms with Crippen LogP contribution >= 0.6 is 24.0 Å². The summed E-state index contributed by atoms with van der Waals surface area (Å²) in [6, 6.07) is 2.36. The Kier molecular flexibility index (Phi) is 3.91. The number of hydrogen-bond acceptors (Lipinski definition) is 2. The molecule has 19 heavy (non-hydrogen) atoms. The standard InChI is InChI=1S/C12H11ClF3NO.ClH/c13-8-4-6-10(5-7(8)12(14,15)16)18-9-2-1-3-17-11(6)9;/h4-5,9,11,17H,1-3H2;1H/t9-,11-;/m0./s1. The van der Waals surface area contributed by atoms with Gasteiger partial charge in [0.25, 0.3) is 0 Å². The monoisotopic (exact) mass is 313 g/mol. The highest BCUT2D eigenvalue weighted by molar-refractivity contribution is 6.31. The Morgan fingerprint density at radius 1 is 1.32 bits per heavy atom. The maximum atomic E-state index is 12.7. The van der Waals surface area contributed by atoms with Gasteiger partial charge in [-0.05, 0) is 31.5 Å². The first-order valence-electron chi connectivity index (χ1n) is 5.77. The highest BCUT2D eigenvalue weighted by Gasteiger charge is 2.40. The molecule has 0 radical (unpaired) electrons. The van der Waals surface area contributed by atoms with Gasteiger partial charge in [-0.1, -0.05) is 11.6 Å². The van der Waals surface area contributed by atoms with E-state index in [0.717, 1.165) is 31.0 Å². The van der Waals surface area contributed by atoms with Crippen LogP contribution in [0, 0.1) is 0 Å². The number of alkyl halides is 3. The quantitative estimate of drug-likeness (QED) is 0.782. The Balaban J connectivity index is 0.00000133. The number of rotatable bonds is 0. The fourth-order valence-corrected chi connectivity index (χ4v) is 2.87. The van der Waals surface area contributed by atoms with Gasteiger partial charge < -0.3 is 10.1 Å². The van der Waals surface area contributed by atoms with Gasteiger partial charge in [-0.15, -0.1) is 12.4 Å². The molecule has 0 spiro atoms. The zero-order chi connectivity index (χ0) is 12.9. The van der Waals surface area contributed by atoms with E-state index in [9.17, 15) is 13.2 Å². The van der Waals surface area contributed by atoms with Gasteiger partial charge >= 0.3 is 6.18 Å². The van der Waals surface area contributed by atoms with Crippen molar-refractivity contribution in [2.75, 3.05) is 6.54 Å². The minimum Gasteiger partial charge on any atom is -0.488 e. The van der Waals surface area contributed by atoms with Crippen molar-refractivity contribution in [3.8, 4) is 5.75 Å². The second-order valence-corrected chi connectivity index (χ2v) is 5.01. The molecule has 2 heterocycles. The smallest absolute Gasteiger partial charge is 0.417 e. The zero-order valence-corrected chi connectivity index (χ0v) is 11.3. The molecule has 0 amide bonds. The molecule has 0 unspecified atom stereocenters. The summed E-state index contributed by atoms with van der Waals surface area (Å²) in [5.74, 6) is 0.302. The fraction of sp³-hybridized carbons (Fsp3) is 0.500. The maximum Gasteiger partial charge on any atom is 0.417 e. The molecule has 2 nitrogen and oxygen atoms in total. The first kappa shape index (κ1) is 14.8. The van der Waals surface area contributed by atoms with Crippen LogP contribution in [0.2, 0.25) is 5.02 Å². The number of benzene rings is 1. The molecule has 0 bridgehead atoms. The van der Waals surface area contributed by atoms with Gasteiger partial charge in [-0.2, -0.15) is 13.2 Å². The van der Waals surface area contributed by atoms with Gasteiger partial charge in [0.1, 0.15) is 11.9 Å². The average molecular weight is 314 g/mol. The fourth-order valence-electron chi connectivity index (χ4n) is 2.59. The molecule has 0 aromatic heterocycles. The molecular weight excluding hydrogens is 302 g/mol. The molecule has 1 saturated heterocycles. The summed E-state index contributed by atoms with van der Waals surface area (Å²) >= 11 is 5.72. The summed E-state index contributed by atoms with van der Waals surface area (Å²) in [6.45, 7) is 0.850. The summed E-state index contributed by atoms with van der Waals surface area (Å²) in [4.78, 5) is 0. The third kappa shape index (κ3) is 2.51. The predicted octanol–water partition coefficient (Wildman–Crippen LogP) is 3.97. The molecule has 7 heteroatoms. The third-order valence-electron chi connectivity index (χ3n) is 3.42. The van der Waals surface area contributed by atoms with E-state index in [1.165, 1.54) is 6.07 Å². The third-order valence-corrected chi connectivity index (χ3v) is 3.73. The molecule has 2 aliphatic rings. The van der Waals surface area contributed by atoms with Gasteiger partial charge in [0, 0.05) is 5.56 Å². The summed E-state index contributed by atoms with van der Waals surface area (Å²) in [5, 5.41) is 2.99. The van der Waals surface area contributed by atoms with E-state index in [4.69, 9.17) is 16.3 Å². The molecule has 1 fully saturated rings.